The molecule has 0 radical (unpaired) electrons. The van der Waals surface area contributed by atoms with E-state index in [2.05, 4.69) is 29.3 Å². The summed E-state index contributed by atoms with van der Waals surface area (Å²) in [6, 6.07) is 9.96. The first-order valence-corrected chi connectivity index (χ1v) is 6.33. The molecule has 0 saturated carbocycles. The molecular weight excluding hydrogens is 234 g/mol. The first kappa shape index (κ1) is 13.3. The maximum absolute atomic E-state index is 5.87. The highest BCUT2D eigenvalue weighted by molar-refractivity contribution is 5.60. The number of azo groups is 1. The maximum atomic E-state index is 5.87. The molecule has 0 heterocycles. The average molecular weight is 253 g/mol. The molecule has 3 heteroatoms. The van der Waals surface area contributed by atoms with Gasteiger partial charge in [-0.1, -0.05) is 12.1 Å². The minimum Gasteiger partial charge on any atom is -0.399 e. The van der Waals surface area contributed by atoms with Gasteiger partial charge in [0.1, 0.15) is 0 Å². The Balaban J connectivity index is 2.38. The minimum atomic E-state index is 0.795. The predicted molar refractivity (Wildman–Crippen MR) is 80.4 cm³/mol. The summed E-state index contributed by atoms with van der Waals surface area (Å²) in [6.45, 7) is 8.11. The van der Waals surface area contributed by atoms with Gasteiger partial charge in [-0.2, -0.15) is 10.2 Å². The van der Waals surface area contributed by atoms with E-state index in [1.165, 1.54) is 5.56 Å². The lowest BCUT2D eigenvalue weighted by atomic mass is 10.1. The van der Waals surface area contributed by atoms with Crippen molar-refractivity contribution in [1.29, 1.82) is 0 Å². The van der Waals surface area contributed by atoms with E-state index in [-0.39, 0.29) is 0 Å². The summed E-state index contributed by atoms with van der Waals surface area (Å²) in [5.74, 6) is 0. The SMILES string of the molecule is Cc1ccc(C)c(N=Nc2ccc(N)c(C)c2C)c1. The second-order valence-electron chi connectivity index (χ2n) is 4.91. The van der Waals surface area contributed by atoms with Crippen molar-refractivity contribution in [2.75, 3.05) is 5.73 Å². The van der Waals surface area contributed by atoms with E-state index >= 15 is 0 Å². The number of hydrogen-bond acceptors (Lipinski definition) is 3. The summed E-state index contributed by atoms with van der Waals surface area (Å²) < 4.78 is 0. The van der Waals surface area contributed by atoms with E-state index in [0.717, 1.165) is 33.8 Å². The third-order valence-corrected chi connectivity index (χ3v) is 3.43. The van der Waals surface area contributed by atoms with Crippen LogP contribution in [0.1, 0.15) is 22.3 Å². The van der Waals surface area contributed by atoms with Gasteiger partial charge in [0, 0.05) is 5.69 Å². The first-order valence-electron chi connectivity index (χ1n) is 6.33. The molecule has 19 heavy (non-hydrogen) atoms. The minimum absolute atomic E-state index is 0.795. The van der Waals surface area contributed by atoms with Gasteiger partial charge in [0.2, 0.25) is 0 Å². The molecule has 0 unspecified atom stereocenters. The van der Waals surface area contributed by atoms with Gasteiger partial charge in [-0.05, 0) is 68.1 Å². The second-order valence-corrected chi connectivity index (χ2v) is 4.91. The molecule has 0 bridgehead atoms. The first-order chi connectivity index (χ1) is 8.99. The zero-order valence-corrected chi connectivity index (χ0v) is 11.9. The molecule has 0 aliphatic rings. The van der Waals surface area contributed by atoms with Crippen molar-refractivity contribution >= 4 is 17.1 Å². The Hall–Kier alpha value is -2.16. The normalized spacial score (nSPS) is 11.2. The molecule has 0 fully saturated rings. The molecule has 2 N–H and O–H groups in total. The molecule has 0 saturated heterocycles. The Morgan fingerprint density at radius 1 is 0.789 bits per heavy atom. The molecule has 2 rings (SSSR count). The lowest BCUT2D eigenvalue weighted by Crippen LogP contribution is -1.91. The number of aryl methyl sites for hydroxylation is 2. The van der Waals surface area contributed by atoms with Crippen molar-refractivity contribution in [2.45, 2.75) is 27.7 Å². The third kappa shape index (κ3) is 2.81. The zero-order valence-electron chi connectivity index (χ0n) is 11.9. The summed E-state index contributed by atoms with van der Waals surface area (Å²) in [6.07, 6.45) is 0. The number of nitrogens with two attached hydrogens (primary N) is 1. The molecule has 0 spiro atoms. The van der Waals surface area contributed by atoms with Crippen LogP contribution in [0.15, 0.2) is 40.6 Å². The van der Waals surface area contributed by atoms with Crippen LogP contribution in [0.5, 0.6) is 0 Å². The van der Waals surface area contributed by atoms with Crippen LogP contribution in [0.3, 0.4) is 0 Å². The topological polar surface area (TPSA) is 50.7 Å². The molecule has 2 aromatic rings. The van der Waals surface area contributed by atoms with Gasteiger partial charge in [-0.3, -0.25) is 0 Å². The summed E-state index contributed by atoms with van der Waals surface area (Å²) in [5.41, 5.74) is 12.9. The standard InChI is InChI=1S/C16H19N3/c1-10-5-6-11(2)16(9-10)19-18-15-8-7-14(17)12(3)13(15)4/h5-9H,17H2,1-4H3. The molecule has 0 aliphatic carbocycles. The quantitative estimate of drug-likeness (QED) is 0.599. The summed E-state index contributed by atoms with van der Waals surface area (Å²) >= 11 is 0. The zero-order chi connectivity index (χ0) is 14.0. The highest BCUT2D eigenvalue weighted by Gasteiger charge is 2.03. The maximum Gasteiger partial charge on any atom is 0.0890 e. The Bertz CT molecular complexity index is 643. The van der Waals surface area contributed by atoms with Crippen LogP contribution in [0.4, 0.5) is 17.1 Å². The summed E-state index contributed by atoms with van der Waals surface area (Å²) in [7, 11) is 0. The highest BCUT2D eigenvalue weighted by atomic mass is 15.1. The molecule has 0 amide bonds. The smallest absolute Gasteiger partial charge is 0.0890 e. The predicted octanol–water partition coefficient (Wildman–Crippen LogP) is 4.92. The molecule has 0 atom stereocenters. The van der Waals surface area contributed by atoms with Gasteiger partial charge in [0.05, 0.1) is 11.4 Å². The third-order valence-electron chi connectivity index (χ3n) is 3.43. The van der Waals surface area contributed by atoms with E-state index < -0.39 is 0 Å². The fourth-order valence-electron chi connectivity index (χ4n) is 1.87. The van der Waals surface area contributed by atoms with E-state index in [0.29, 0.717) is 0 Å². The Labute approximate surface area is 114 Å². The van der Waals surface area contributed by atoms with Crippen LogP contribution in [0.2, 0.25) is 0 Å². The van der Waals surface area contributed by atoms with E-state index in [4.69, 9.17) is 5.73 Å². The number of benzene rings is 2. The van der Waals surface area contributed by atoms with Crippen LogP contribution < -0.4 is 5.73 Å². The van der Waals surface area contributed by atoms with Crippen molar-refractivity contribution in [1.82, 2.24) is 0 Å². The van der Waals surface area contributed by atoms with Crippen molar-refractivity contribution in [3.8, 4) is 0 Å². The van der Waals surface area contributed by atoms with Crippen LogP contribution in [0.25, 0.3) is 0 Å². The van der Waals surface area contributed by atoms with Crippen molar-refractivity contribution in [2.24, 2.45) is 10.2 Å². The van der Waals surface area contributed by atoms with E-state index in [1.807, 2.05) is 39.0 Å². The number of nitrogens with zero attached hydrogens (tertiary/aromatic N) is 2. The lowest BCUT2D eigenvalue weighted by Gasteiger charge is -2.06. The highest BCUT2D eigenvalue weighted by Crippen LogP contribution is 2.28. The molecule has 98 valence electrons. The van der Waals surface area contributed by atoms with Gasteiger partial charge >= 0.3 is 0 Å². The number of anilines is 1. The van der Waals surface area contributed by atoms with E-state index in [1.54, 1.807) is 0 Å². The van der Waals surface area contributed by atoms with Gasteiger partial charge < -0.3 is 5.73 Å². The van der Waals surface area contributed by atoms with Crippen LogP contribution in [0, 0.1) is 27.7 Å². The average Bonchev–Trinajstić information content (AvgIpc) is 2.39. The van der Waals surface area contributed by atoms with E-state index in [9.17, 15) is 0 Å². The number of hydrogen-bond donors (Lipinski definition) is 1. The summed E-state index contributed by atoms with van der Waals surface area (Å²) in [5, 5.41) is 8.70. The van der Waals surface area contributed by atoms with Gasteiger partial charge in [0.15, 0.2) is 0 Å². The van der Waals surface area contributed by atoms with Gasteiger partial charge in [-0.25, -0.2) is 0 Å². The Kier molecular flexibility index (Phi) is 3.65. The molecule has 0 aromatic heterocycles. The Morgan fingerprint density at radius 3 is 2.21 bits per heavy atom. The van der Waals surface area contributed by atoms with Crippen molar-refractivity contribution in [3.63, 3.8) is 0 Å². The van der Waals surface area contributed by atoms with Gasteiger partial charge in [-0.15, -0.1) is 0 Å². The number of rotatable bonds is 2. The molecule has 0 aliphatic heterocycles. The fraction of sp³-hybridized carbons (Fsp3) is 0.250. The Morgan fingerprint density at radius 2 is 1.47 bits per heavy atom. The monoisotopic (exact) mass is 253 g/mol. The lowest BCUT2D eigenvalue weighted by molar-refractivity contribution is 1.17. The van der Waals surface area contributed by atoms with Crippen LogP contribution in [-0.4, -0.2) is 0 Å². The largest absolute Gasteiger partial charge is 0.399 e. The van der Waals surface area contributed by atoms with Crippen LogP contribution in [-0.2, 0) is 0 Å². The van der Waals surface area contributed by atoms with Crippen molar-refractivity contribution < 1.29 is 0 Å². The molecular formula is C16H19N3. The molecule has 3 nitrogen and oxygen atoms in total. The summed E-state index contributed by atoms with van der Waals surface area (Å²) in [4.78, 5) is 0. The molecule has 2 aromatic carbocycles. The number of nitrogen functional groups attached to an aromatic ring is 1. The van der Waals surface area contributed by atoms with Crippen molar-refractivity contribution in [3.05, 3.63) is 52.6 Å². The fourth-order valence-corrected chi connectivity index (χ4v) is 1.87. The van der Waals surface area contributed by atoms with Gasteiger partial charge in [0.25, 0.3) is 0 Å². The van der Waals surface area contributed by atoms with Crippen LogP contribution >= 0.6 is 0 Å². The second kappa shape index (κ2) is 5.22.